The van der Waals surface area contributed by atoms with Crippen LogP contribution in [0.15, 0.2) is 36.1 Å². The molecule has 0 atom stereocenters. The maximum atomic E-state index is 12.5. The van der Waals surface area contributed by atoms with Gasteiger partial charge in [-0.3, -0.25) is 4.79 Å². The molecule has 0 saturated heterocycles. The fourth-order valence-corrected chi connectivity index (χ4v) is 2.52. The zero-order valence-electron chi connectivity index (χ0n) is 13.0. The van der Waals surface area contributed by atoms with E-state index >= 15 is 0 Å². The summed E-state index contributed by atoms with van der Waals surface area (Å²) in [4.78, 5) is 12.5. The Balaban J connectivity index is 2.06. The van der Waals surface area contributed by atoms with Crippen molar-refractivity contribution >= 4 is 11.9 Å². The molecule has 0 aromatic heterocycles. The minimum Gasteiger partial charge on any atom is -0.507 e. The summed E-state index contributed by atoms with van der Waals surface area (Å²) < 4.78 is 16.1. The van der Waals surface area contributed by atoms with E-state index in [1.807, 2.05) is 6.92 Å². The number of rotatable bonds is 3. The lowest BCUT2D eigenvalue weighted by molar-refractivity contribution is 0.101. The molecule has 1 heterocycles. The Kier molecular flexibility index (Phi) is 3.70. The molecule has 1 aliphatic rings. The van der Waals surface area contributed by atoms with Gasteiger partial charge in [-0.1, -0.05) is 0 Å². The summed E-state index contributed by atoms with van der Waals surface area (Å²) in [6.45, 7) is 1.82. The first-order valence-electron chi connectivity index (χ1n) is 7.03. The van der Waals surface area contributed by atoms with Crippen molar-refractivity contribution in [3.63, 3.8) is 0 Å². The number of carbonyl (C=O) groups is 1. The smallest absolute Gasteiger partial charge is 0.235 e. The summed E-state index contributed by atoms with van der Waals surface area (Å²) in [6, 6.07) is 8.52. The second-order valence-corrected chi connectivity index (χ2v) is 5.20. The Morgan fingerprint density at radius 3 is 2.61 bits per heavy atom. The van der Waals surface area contributed by atoms with Crippen molar-refractivity contribution in [2.75, 3.05) is 14.2 Å². The average Bonchev–Trinajstić information content (AvgIpc) is 2.83. The molecule has 2 aromatic rings. The van der Waals surface area contributed by atoms with Gasteiger partial charge in [0.25, 0.3) is 0 Å². The number of methoxy groups -OCH3 is 2. The number of phenols is 1. The topological polar surface area (TPSA) is 65.0 Å². The summed E-state index contributed by atoms with van der Waals surface area (Å²) in [5.74, 6) is 1.28. The first-order valence-corrected chi connectivity index (χ1v) is 7.03. The van der Waals surface area contributed by atoms with Crippen LogP contribution in [-0.2, 0) is 0 Å². The molecule has 0 spiro atoms. The van der Waals surface area contributed by atoms with Gasteiger partial charge in [0, 0.05) is 5.56 Å². The first-order chi connectivity index (χ1) is 11.0. The number of ether oxygens (including phenoxy) is 3. The van der Waals surface area contributed by atoms with E-state index in [1.54, 1.807) is 44.6 Å². The Morgan fingerprint density at radius 2 is 1.91 bits per heavy atom. The van der Waals surface area contributed by atoms with Crippen LogP contribution in [0.1, 0.15) is 21.5 Å². The van der Waals surface area contributed by atoms with Crippen molar-refractivity contribution in [1.82, 2.24) is 0 Å². The highest BCUT2D eigenvalue weighted by Crippen LogP contribution is 2.39. The van der Waals surface area contributed by atoms with E-state index in [0.29, 0.717) is 22.8 Å². The lowest BCUT2D eigenvalue weighted by Gasteiger charge is -2.07. The van der Waals surface area contributed by atoms with E-state index in [9.17, 15) is 9.90 Å². The van der Waals surface area contributed by atoms with Crippen molar-refractivity contribution < 1.29 is 24.1 Å². The van der Waals surface area contributed by atoms with Crippen LogP contribution in [0.25, 0.3) is 6.08 Å². The third-order valence-electron chi connectivity index (χ3n) is 3.62. The second kappa shape index (κ2) is 5.68. The van der Waals surface area contributed by atoms with E-state index < -0.39 is 0 Å². The predicted octanol–water partition coefficient (Wildman–Crippen LogP) is 3.33. The van der Waals surface area contributed by atoms with E-state index in [0.717, 1.165) is 5.56 Å². The molecule has 5 heteroatoms. The van der Waals surface area contributed by atoms with Crippen molar-refractivity contribution in [3.05, 3.63) is 52.8 Å². The summed E-state index contributed by atoms with van der Waals surface area (Å²) in [7, 11) is 3.11. The Hall–Kier alpha value is -2.95. The largest absolute Gasteiger partial charge is 0.507 e. The lowest BCUT2D eigenvalue weighted by atomic mass is 10.1. The lowest BCUT2D eigenvalue weighted by Crippen LogP contribution is -1.99. The number of aromatic hydroxyl groups is 1. The normalized spacial score (nSPS) is 14.6. The number of aryl methyl sites for hydroxylation is 1. The maximum Gasteiger partial charge on any atom is 0.235 e. The van der Waals surface area contributed by atoms with Gasteiger partial charge in [0.15, 0.2) is 5.76 Å². The van der Waals surface area contributed by atoms with Crippen LogP contribution in [0.5, 0.6) is 23.0 Å². The minimum absolute atomic E-state index is 0.0778. The van der Waals surface area contributed by atoms with Gasteiger partial charge in [-0.25, -0.2) is 0 Å². The molecule has 23 heavy (non-hydrogen) atoms. The van der Waals surface area contributed by atoms with Gasteiger partial charge in [0.1, 0.15) is 28.6 Å². The van der Waals surface area contributed by atoms with Crippen LogP contribution in [0.3, 0.4) is 0 Å². The third-order valence-corrected chi connectivity index (χ3v) is 3.62. The molecule has 0 amide bonds. The molecule has 0 bridgehead atoms. The highest BCUT2D eigenvalue weighted by molar-refractivity contribution is 6.16. The van der Waals surface area contributed by atoms with Crippen molar-refractivity contribution in [2.24, 2.45) is 0 Å². The molecule has 118 valence electrons. The summed E-state index contributed by atoms with van der Waals surface area (Å²) in [5.41, 5.74) is 1.65. The molecule has 3 rings (SSSR count). The van der Waals surface area contributed by atoms with Crippen molar-refractivity contribution in [1.29, 1.82) is 0 Å². The number of Topliss-reactive ketones (excluding diaryl/α,β-unsaturated/α-hetero) is 1. The molecule has 0 radical (unpaired) electrons. The van der Waals surface area contributed by atoms with E-state index in [2.05, 4.69) is 0 Å². The van der Waals surface area contributed by atoms with Crippen LogP contribution in [0.2, 0.25) is 0 Å². The van der Waals surface area contributed by atoms with Crippen LogP contribution < -0.4 is 14.2 Å². The third kappa shape index (κ3) is 2.61. The molecule has 0 unspecified atom stereocenters. The standard InChI is InChI=1S/C18H16O5/c1-10-6-13(19)17-15(7-10)23-16(18(17)20)9-11-8-12(21-2)4-5-14(11)22-3/h4-9,19H,1-3H3/b16-9-. The van der Waals surface area contributed by atoms with Crippen molar-refractivity contribution in [3.8, 4) is 23.0 Å². The van der Waals surface area contributed by atoms with Gasteiger partial charge in [-0.2, -0.15) is 0 Å². The fourth-order valence-electron chi connectivity index (χ4n) is 2.52. The number of fused-ring (bicyclic) bond motifs is 1. The quantitative estimate of drug-likeness (QED) is 0.881. The first kappa shape index (κ1) is 15.0. The zero-order chi connectivity index (χ0) is 16.6. The number of benzene rings is 2. The van der Waals surface area contributed by atoms with Gasteiger partial charge in [0.2, 0.25) is 5.78 Å². The van der Waals surface area contributed by atoms with Crippen molar-refractivity contribution in [2.45, 2.75) is 6.92 Å². The van der Waals surface area contributed by atoms with Crippen LogP contribution in [-0.4, -0.2) is 25.1 Å². The molecule has 0 saturated carbocycles. The highest BCUT2D eigenvalue weighted by Gasteiger charge is 2.31. The number of allylic oxidation sites excluding steroid dienone is 1. The average molecular weight is 312 g/mol. The van der Waals surface area contributed by atoms with Crippen LogP contribution in [0, 0.1) is 6.92 Å². The summed E-state index contributed by atoms with van der Waals surface area (Å²) in [5, 5.41) is 9.98. The molecule has 1 N–H and O–H groups in total. The fraction of sp³-hybridized carbons (Fsp3) is 0.167. The van der Waals surface area contributed by atoms with E-state index in [1.165, 1.54) is 6.07 Å². The number of carbonyl (C=O) groups excluding carboxylic acids is 1. The van der Waals surface area contributed by atoms with Gasteiger partial charge >= 0.3 is 0 Å². The van der Waals surface area contributed by atoms with Gasteiger partial charge < -0.3 is 19.3 Å². The molecular formula is C18H16O5. The van der Waals surface area contributed by atoms with E-state index in [-0.39, 0.29) is 22.9 Å². The molecule has 2 aromatic carbocycles. The molecule has 5 nitrogen and oxygen atoms in total. The molecular weight excluding hydrogens is 296 g/mol. The SMILES string of the molecule is COc1ccc(OC)c(/C=C2\Oc3cc(C)cc(O)c3C2=O)c1. The Morgan fingerprint density at radius 1 is 1.13 bits per heavy atom. The van der Waals surface area contributed by atoms with Crippen LogP contribution >= 0.6 is 0 Å². The number of phenolic OH excluding ortho intramolecular Hbond substituents is 1. The molecule has 0 fully saturated rings. The number of hydrogen-bond acceptors (Lipinski definition) is 5. The van der Waals surface area contributed by atoms with E-state index in [4.69, 9.17) is 14.2 Å². The maximum absolute atomic E-state index is 12.5. The van der Waals surface area contributed by atoms with Gasteiger partial charge in [-0.15, -0.1) is 0 Å². The summed E-state index contributed by atoms with van der Waals surface area (Å²) in [6.07, 6.45) is 1.58. The summed E-state index contributed by atoms with van der Waals surface area (Å²) >= 11 is 0. The monoisotopic (exact) mass is 312 g/mol. The number of hydrogen-bond donors (Lipinski definition) is 1. The molecule has 0 aliphatic carbocycles. The Labute approximate surface area is 133 Å². The Bertz CT molecular complexity index is 820. The minimum atomic E-state index is -0.359. The predicted molar refractivity (Wildman–Crippen MR) is 85.3 cm³/mol. The molecule has 1 aliphatic heterocycles. The number of ketones is 1. The highest BCUT2D eigenvalue weighted by atomic mass is 16.5. The van der Waals surface area contributed by atoms with Gasteiger partial charge in [-0.05, 0) is 48.9 Å². The zero-order valence-corrected chi connectivity index (χ0v) is 13.0. The van der Waals surface area contributed by atoms with Crippen LogP contribution in [0.4, 0.5) is 0 Å². The van der Waals surface area contributed by atoms with Gasteiger partial charge in [0.05, 0.1) is 14.2 Å². The second-order valence-electron chi connectivity index (χ2n) is 5.20.